The van der Waals surface area contributed by atoms with E-state index in [0.29, 0.717) is 5.92 Å². The van der Waals surface area contributed by atoms with Crippen LogP contribution in [0.1, 0.15) is 118 Å². The molecule has 1 saturated carbocycles. The molecule has 6 unspecified atom stereocenters. The van der Waals surface area contributed by atoms with Crippen molar-refractivity contribution in [2.75, 3.05) is 0 Å². The van der Waals surface area contributed by atoms with Crippen molar-refractivity contribution in [3.05, 3.63) is 80.4 Å². The van der Waals surface area contributed by atoms with Crippen molar-refractivity contribution < 1.29 is 14.7 Å². The largest absolute Gasteiger partial charge is 0.393 e. The predicted molar refractivity (Wildman–Crippen MR) is 167 cm³/mol. The minimum Gasteiger partial charge on any atom is -0.393 e. The molecular weight excluding hydrogens is 504 g/mol. The van der Waals surface area contributed by atoms with E-state index in [9.17, 15) is 14.7 Å². The van der Waals surface area contributed by atoms with Crippen molar-refractivity contribution >= 4 is 11.6 Å². The van der Waals surface area contributed by atoms with Crippen LogP contribution in [-0.4, -0.2) is 22.8 Å². The standard InChI is InChI=1S/C38H50O3/c1-21(2)29-17-28(16-15-27-13-11-22(3)12-14-27)24(5)32-30(29)19-36(8)20-37(9)18-23(4)31(26(7)39)35(41)38(37,10)25(6)33(36)34(32)40/h11-14,17,21,23,26,31,39H,15-16,18-20H2,1-10H3. The fraction of sp³-hybridized carbons (Fsp3) is 0.579. The summed E-state index contributed by atoms with van der Waals surface area (Å²) in [4.78, 5) is 29.1. The Morgan fingerprint density at radius 2 is 1.61 bits per heavy atom. The first kappa shape index (κ1) is 30.0. The minimum atomic E-state index is -0.763. The van der Waals surface area contributed by atoms with E-state index in [1.54, 1.807) is 6.92 Å². The molecule has 3 heteroatoms. The lowest BCUT2D eigenvalue weighted by Gasteiger charge is -2.62. The molecule has 0 aliphatic heterocycles. The molecule has 0 spiro atoms. The van der Waals surface area contributed by atoms with E-state index in [4.69, 9.17) is 0 Å². The van der Waals surface area contributed by atoms with E-state index >= 15 is 0 Å². The van der Waals surface area contributed by atoms with Gasteiger partial charge in [0.25, 0.3) is 0 Å². The Bertz CT molecular complexity index is 1440. The van der Waals surface area contributed by atoms with Gasteiger partial charge in [0.2, 0.25) is 0 Å². The lowest BCUT2D eigenvalue weighted by Crippen LogP contribution is -2.61. The maximum atomic E-state index is 14.8. The number of Topliss-reactive ketones (excluding diaryl/α,β-unsaturated/α-hetero) is 2. The quantitative estimate of drug-likeness (QED) is 0.404. The second kappa shape index (κ2) is 10.0. The van der Waals surface area contributed by atoms with Crippen LogP contribution in [0.25, 0.3) is 0 Å². The third kappa shape index (κ3) is 4.41. The van der Waals surface area contributed by atoms with E-state index in [1.807, 2.05) is 0 Å². The Balaban J connectivity index is 1.66. The van der Waals surface area contributed by atoms with Crippen LogP contribution in [0, 0.1) is 41.9 Å². The molecule has 1 N–H and O–H groups in total. The highest BCUT2D eigenvalue weighted by molar-refractivity contribution is 6.14. The number of hydrogen-bond donors (Lipinski definition) is 1. The summed E-state index contributed by atoms with van der Waals surface area (Å²) in [5, 5.41) is 10.7. The van der Waals surface area contributed by atoms with Crippen molar-refractivity contribution in [2.45, 2.75) is 113 Å². The number of benzene rings is 2. The maximum Gasteiger partial charge on any atom is 0.190 e. The SMILES string of the molecule is CC1=C2C(=O)c3c(C)c(CCc4ccc(C)cc4)cc(C(C)C)c3CC2(C)CC2(C)CC(C)C(C(C)O)C(=O)C12C. The lowest BCUT2D eigenvalue weighted by molar-refractivity contribution is -0.155. The summed E-state index contributed by atoms with van der Waals surface area (Å²) in [6.45, 7) is 21.3. The molecule has 1 fully saturated rings. The molecule has 2 aromatic rings. The maximum absolute atomic E-state index is 14.8. The molecule has 0 aromatic heterocycles. The number of hydrogen-bond acceptors (Lipinski definition) is 3. The number of aryl methyl sites for hydroxylation is 3. The van der Waals surface area contributed by atoms with Gasteiger partial charge in [-0.15, -0.1) is 0 Å². The normalized spacial score (nSPS) is 32.1. The average Bonchev–Trinajstić information content (AvgIpc) is 2.86. The molecule has 0 radical (unpaired) electrons. The monoisotopic (exact) mass is 554 g/mol. The number of aliphatic hydroxyl groups is 1. The first-order valence-electron chi connectivity index (χ1n) is 15.8. The summed E-state index contributed by atoms with van der Waals surface area (Å²) < 4.78 is 0. The van der Waals surface area contributed by atoms with E-state index in [0.717, 1.165) is 54.4 Å². The molecule has 3 aliphatic carbocycles. The molecule has 220 valence electrons. The summed E-state index contributed by atoms with van der Waals surface area (Å²) in [5.74, 6) is 0.270. The second-order valence-corrected chi connectivity index (χ2v) is 15.0. The Hall–Kier alpha value is -2.52. The van der Waals surface area contributed by atoms with Crippen LogP contribution in [0.2, 0.25) is 0 Å². The zero-order chi connectivity index (χ0) is 30.2. The first-order valence-corrected chi connectivity index (χ1v) is 15.8. The highest BCUT2D eigenvalue weighted by atomic mass is 16.3. The van der Waals surface area contributed by atoms with Gasteiger partial charge in [-0.05, 0) is 112 Å². The summed E-state index contributed by atoms with van der Waals surface area (Å²) in [6, 6.07) is 11.1. The van der Waals surface area contributed by atoms with Gasteiger partial charge < -0.3 is 5.11 Å². The van der Waals surface area contributed by atoms with E-state index in [2.05, 4.69) is 92.6 Å². The zero-order valence-electron chi connectivity index (χ0n) is 27.0. The lowest BCUT2D eigenvalue weighted by atomic mass is 9.40. The van der Waals surface area contributed by atoms with Gasteiger partial charge in [-0.3, -0.25) is 9.59 Å². The fourth-order valence-corrected chi connectivity index (χ4v) is 9.50. The molecule has 5 rings (SSSR count). The third-order valence-electron chi connectivity index (χ3n) is 11.7. The van der Waals surface area contributed by atoms with Crippen LogP contribution in [-0.2, 0) is 24.1 Å². The highest BCUT2D eigenvalue weighted by Crippen LogP contribution is 2.67. The van der Waals surface area contributed by atoms with Crippen molar-refractivity contribution in [3.63, 3.8) is 0 Å². The fourth-order valence-electron chi connectivity index (χ4n) is 9.50. The molecule has 41 heavy (non-hydrogen) atoms. The third-order valence-corrected chi connectivity index (χ3v) is 11.7. The molecule has 3 aliphatic rings. The molecule has 6 atom stereocenters. The Kier molecular flexibility index (Phi) is 7.34. The number of aliphatic hydroxyl groups excluding tert-OH is 1. The van der Waals surface area contributed by atoms with Crippen LogP contribution in [0.5, 0.6) is 0 Å². The van der Waals surface area contributed by atoms with Crippen LogP contribution >= 0.6 is 0 Å². The average molecular weight is 555 g/mol. The Labute approximate surface area is 247 Å². The zero-order valence-corrected chi connectivity index (χ0v) is 27.0. The van der Waals surface area contributed by atoms with Gasteiger partial charge in [0.15, 0.2) is 5.78 Å². The molecule has 3 nitrogen and oxygen atoms in total. The predicted octanol–water partition coefficient (Wildman–Crippen LogP) is 8.30. The number of rotatable bonds is 5. The number of allylic oxidation sites excluding steroid dienone is 2. The summed E-state index contributed by atoms with van der Waals surface area (Å²) in [5.41, 5.74) is 8.82. The number of carbonyl (C=O) groups is 2. The van der Waals surface area contributed by atoms with Gasteiger partial charge >= 0.3 is 0 Å². The van der Waals surface area contributed by atoms with Crippen LogP contribution in [0.4, 0.5) is 0 Å². The second-order valence-electron chi connectivity index (χ2n) is 15.0. The van der Waals surface area contributed by atoms with E-state index in [1.165, 1.54) is 27.8 Å². The van der Waals surface area contributed by atoms with Crippen molar-refractivity contribution in [1.29, 1.82) is 0 Å². The number of carbonyl (C=O) groups excluding carboxylic acids is 2. The molecule has 2 aromatic carbocycles. The van der Waals surface area contributed by atoms with Crippen LogP contribution in [0.3, 0.4) is 0 Å². The number of ketones is 2. The molecule has 0 saturated heterocycles. The van der Waals surface area contributed by atoms with Gasteiger partial charge in [0.1, 0.15) is 5.78 Å². The summed E-state index contributed by atoms with van der Waals surface area (Å²) in [7, 11) is 0. The molecular formula is C38H50O3. The number of fused-ring (bicyclic) bond motifs is 3. The summed E-state index contributed by atoms with van der Waals surface area (Å²) >= 11 is 0. The summed E-state index contributed by atoms with van der Waals surface area (Å²) in [6.07, 6.45) is 3.66. The van der Waals surface area contributed by atoms with E-state index in [-0.39, 0.29) is 28.3 Å². The van der Waals surface area contributed by atoms with Gasteiger partial charge in [-0.25, -0.2) is 0 Å². The van der Waals surface area contributed by atoms with Gasteiger partial charge in [0.05, 0.1) is 11.5 Å². The van der Waals surface area contributed by atoms with Crippen LogP contribution < -0.4 is 0 Å². The van der Waals surface area contributed by atoms with Gasteiger partial charge in [-0.2, -0.15) is 0 Å². The highest BCUT2D eigenvalue weighted by Gasteiger charge is 2.65. The van der Waals surface area contributed by atoms with Crippen LogP contribution in [0.15, 0.2) is 41.5 Å². The first-order chi connectivity index (χ1) is 19.1. The minimum absolute atomic E-state index is 0.106. The molecule has 0 bridgehead atoms. The van der Waals surface area contributed by atoms with Gasteiger partial charge in [0, 0.05) is 22.5 Å². The topological polar surface area (TPSA) is 54.4 Å². The van der Waals surface area contributed by atoms with E-state index < -0.39 is 17.4 Å². The van der Waals surface area contributed by atoms with Gasteiger partial charge in [-0.1, -0.05) is 76.1 Å². The Morgan fingerprint density at radius 3 is 2.20 bits per heavy atom. The molecule has 0 heterocycles. The van der Waals surface area contributed by atoms with Crippen molar-refractivity contribution in [1.82, 2.24) is 0 Å². The molecule has 0 amide bonds. The Morgan fingerprint density at radius 1 is 0.976 bits per heavy atom. The smallest absolute Gasteiger partial charge is 0.190 e. The van der Waals surface area contributed by atoms with Crippen molar-refractivity contribution in [3.8, 4) is 0 Å². The van der Waals surface area contributed by atoms with Crippen molar-refractivity contribution in [2.24, 2.45) is 28.1 Å².